The van der Waals surface area contributed by atoms with Gasteiger partial charge in [0.25, 0.3) is 0 Å². The van der Waals surface area contributed by atoms with Gasteiger partial charge in [-0.2, -0.15) is 0 Å². The van der Waals surface area contributed by atoms with Crippen molar-refractivity contribution in [1.29, 1.82) is 0 Å². The molecule has 0 rings (SSSR count). The van der Waals surface area contributed by atoms with Crippen molar-refractivity contribution in [3.63, 3.8) is 0 Å². The maximum absolute atomic E-state index is 10.5. The molecule has 12 heavy (non-hydrogen) atoms. The Morgan fingerprint density at radius 2 is 1.83 bits per heavy atom. The van der Waals surface area contributed by atoms with E-state index in [1.807, 2.05) is 0 Å². The summed E-state index contributed by atoms with van der Waals surface area (Å²) >= 11 is 0. The van der Waals surface area contributed by atoms with Crippen LogP contribution in [-0.4, -0.2) is 5.78 Å². The summed E-state index contributed by atoms with van der Waals surface area (Å²) in [6.07, 6.45) is 11.0. The lowest BCUT2D eigenvalue weighted by molar-refractivity contribution is -0.116. The van der Waals surface area contributed by atoms with E-state index in [0.717, 1.165) is 6.42 Å². The fraction of sp³-hybridized carbons (Fsp3) is 0.727. The predicted molar refractivity (Wildman–Crippen MR) is 53.2 cm³/mol. The molecule has 0 radical (unpaired) electrons. The highest BCUT2D eigenvalue weighted by Gasteiger charge is 1.88. The standard InChI is InChI=1S/C11H20O/c1-3-4-5-6-7-8-9-10-11(2)12/h7-8H,3-6,9-10H2,1-2H3/b8-7-. The van der Waals surface area contributed by atoms with Crippen LogP contribution in [-0.2, 0) is 4.79 Å². The highest BCUT2D eigenvalue weighted by atomic mass is 16.1. The molecule has 70 valence electrons. The Morgan fingerprint density at radius 1 is 1.17 bits per heavy atom. The molecule has 0 saturated carbocycles. The lowest BCUT2D eigenvalue weighted by Gasteiger charge is -1.91. The average molecular weight is 168 g/mol. The highest BCUT2D eigenvalue weighted by molar-refractivity contribution is 5.75. The van der Waals surface area contributed by atoms with Crippen LogP contribution in [0, 0.1) is 0 Å². The van der Waals surface area contributed by atoms with Gasteiger partial charge in [0.15, 0.2) is 0 Å². The zero-order valence-electron chi connectivity index (χ0n) is 8.31. The molecule has 0 aromatic carbocycles. The first kappa shape index (κ1) is 11.4. The molecular weight excluding hydrogens is 148 g/mol. The quantitative estimate of drug-likeness (QED) is 0.420. The van der Waals surface area contributed by atoms with Crippen LogP contribution >= 0.6 is 0 Å². The second kappa shape index (κ2) is 8.51. The summed E-state index contributed by atoms with van der Waals surface area (Å²) in [6, 6.07) is 0. The van der Waals surface area contributed by atoms with Gasteiger partial charge in [0.1, 0.15) is 5.78 Å². The van der Waals surface area contributed by atoms with Crippen LogP contribution in [0.3, 0.4) is 0 Å². The minimum absolute atomic E-state index is 0.285. The number of hydrogen-bond donors (Lipinski definition) is 0. The number of carbonyl (C=O) groups is 1. The van der Waals surface area contributed by atoms with Crippen LogP contribution < -0.4 is 0 Å². The first-order chi connectivity index (χ1) is 5.77. The fourth-order valence-corrected chi connectivity index (χ4v) is 1.03. The summed E-state index contributed by atoms with van der Waals surface area (Å²) in [5.41, 5.74) is 0. The van der Waals surface area contributed by atoms with E-state index in [-0.39, 0.29) is 5.78 Å². The Labute approximate surface area is 75.9 Å². The molecule has 0 aliphatic heterocycles. The molecule has 0 atom stereocenters. The van der Waals surface area contributed by atoms with Gasteiger partial charge in [0.05, 0.1) is 0 Å². The molecule has 0 heterocycles. The van der Waals surface area contributed by atoms with E-state index in [2.05, 4.69) is 19.1 Å². The van der Waals surface area contributed by atoms with Crippen LogP contribution in [0.4, 0.5) is 0 Å². The number of hydrogen-bond acceptors (Lipinski definition) is 1. The van der Waals surface area contributed by atoms with Crippen molar-refractivity contribution in [3.05, 3.63) is 12.2 Å². The van der Waals surface area contributed by atoms with E-state index < -0.39 is 0 Å². The summed E-state index contributed by atoms with van der Waals surface area (Å²) in [6.45, 7) is 3.85. The number of allylic oxidation sites excluding steroid dienone is 2. The monoisotopic (exact) mass is 168 g/mol. The topological polar surface area (TPSA) is 17.1 Å². The van der Waals surface area contributed by atoms with Crippen LogP contribution in [0.2, 0.25) is 0 Å². The normalized spacial score (nSPS) is 10.8. The van der Waals surface area contributed by atoms with Crippen LogP contribution in [0.25, 0.3) is 0 Å². The van der Waals surface area contributed by atoms with Crippen molar-refractivity contribution in [2.75, 3.05) is 0 Å². The van der Waals surface area contributed by atoms with Crippen molar-refractivity contribution >= 4 is 5.78 Å². The summed E-state index contributed by atoms with van der Waals surface area (Å²) in [7, 11) is 0. The minimum Gasteiger partial charge on any atom is -0.300 e. The molecule has 0 aromatic heterocycles. The van der Waals surface area contributed by atoms with Gasteiger partial charge in [-0.1, -0.05) is 31.9 Å². The smallest absolute Gasteiger partial charge is 0.130 e. The first-order valence-corrected chi connectivity index (χ1v) is 4.91. The van der Waals surface area contributed by atoms with Gasteiger partial charge in [-0.3, -0.25) is 0 Å². The molecule has 0 amide bonds. The maximum atomic E-state index is 10.5. The molecule has 0 saturated heterocycles. The van der Waals surface area contributed by atoms with Gasteiger partial charge in [0, 0.05) is 6.42 Å². The number of rotatable bonds is 7. The van der Waals surface area contributed by atoms with Gasteiger partial charge in [0.2, 0.25) is 0 Å². The third kappa shape index (κ3) is 9.41. The van der Waals surface area contributed by atoms with Crippen LogP contribution in [0.1, 0.15) is 52.4 Å². The SMILES string of the molecule is CCCCC/C=C\CCC(C)=O. The molecule has 1 heteroatoms. The number of unbranched alkanes of at least 4 members (excludes halogenated alkanes) is 3. The molecule has 0 unspecified atom stereocenters. The van der Waals surface area contributed by atoms with Gasteiger partial charge < -0.3 is 4.79 Å². The third-order valence-corrected chi connectivity index (χ3v) is 1.80. The molecule has 0 aliphatic rings. The van der Waals surface area contributed by atoms with E-state index in [1.54, 1.807) is 6.92 Å². The van der Waals surface area contributed by atoms with Crippen molar-refractivity contribution in [2.24, 2.45) is 0 Å². The Kier molecular flexibility index (Phi) is 8.09. The van der Waals surface area contributed by atoms with Gasteiger partial charge >= 0.3 is 0 Å². The number of carbonyl (C=O) groups excluding carboxylic acids is 1. The van der Waals surface area contributed by atoms with Crippen LogP contribution in [0.5, 0.6) is 0 Å². The fourth-order valence-electron chi connectivity index (χ4n) is 1.03. The van der Waals surface area contributed by atoms with Gasteiger partial charge in [-0.15, -0.1) is 0 Å². The Bertz CT molecular complexity index is 136. The Balaban J connectivity index is 3.09. The molecule has 0 N–H and O–H groups in total. The molecule has 0 aliphatic carbocycles. The predicted octanol–water partition coefficient (Wildman–Crippen LogP) is 3.49. The zero-order chi connectivity index (χ0) is 9.23. The van der Waals surface area contributed by atoms with Crippen molar-refractivity contribution in [3.8, 4) is 0 Å². The number of ketones is 1. The summed E-state index contributed by atoms with van der Waals surface area (Å²) in [5.74, 6) is 0.285. The van der Waals surface area contributed by atoms with E-state index >= 15 is 0 Å². The second-order valence-corrected chi connectivity index (χ2v) is 3.21. The van der Waals surface area contributed by atoms with Crippen molar-refractivity contribution < 1.29 is 4.79 Å². The van der Waals surface area contributed by atoms with Gasteiger partial charge in [-0.25, -0.2) is 0 Å². The molecule has 0 aromatic rings. The second-order valence-electron chi connectivity index (χ2n) is 3.21. The first-order valence-electron chi connectivity index (χ1n) is 4.91. The lowest BCUT2D eigenvalue weighted by Crippen LogP contribution is -1.86. The highest BCUT2D eigenvalue weighted by Crippen LogP contribution is 2.01. The molecule has 1 nitrogen and oxygen atoms in total. The van der Waals surface area contributed by atoms with Gasteiger partial charge in [-0.05, 0) is 26.2 Å². The van der Waals surface area contributed by atoms with Crippen molar-refractivity contribution in [1.82, 2.24) is 0 Å². The molecule has 0 spiro atoms. The van der Waals surface area contributed by atoms with Crippen molar-refractivity contribution in [2.45, 2.75) is 52.4 Å². The largest absolute Gasteiger partial charge is 0.300 e. The number of Topliss-reactive ketones (excluding diaryl/α,β-unsaturated/α-hetero) is 1. The summed E-state index contributed by atoms with van der Waals surface area (Å²) < 4.78 is 0. The van der Waals surface area contributed by atoms with Crippen LogP contribution in [0.15, 0.2) is 12.2 Å². The third-order valence-electron chi connectivity index (χ3n) is 1.80. The maximum Gasteiger partial charge on any atom is 0.130 e. The Morgan fingerprint density at radius 3 is 2.42 bits per heavy atom. The van der Waals surface area contributed by atoms with E-state index in [4.69, 9.17) is 0 Å². The lowest BCUT2D eigenvalue weighted by atomic mass is 10.1. The zero-order valence-corrected chi connectivity index (χ0v) is 8.31. The average Bonchev–Trinajstić information content (AvgIpc) is 2.02. The summed E-state index contributed by atoms with van der Waals surface area (Å²) in [4.78, 5) is 10.5. The molecule has 0 fully saturated rings. The Hall–Kier alpha value is -0.590. The summed E-state index contributed by atoms with van der Waals surface area (Å²) in [5, 5.41) is 0. The molecular formula is C11H20O. The van der Waals surface area contributed by atoms with E-state index in [0.29, 0.717) is 6.42 Å². The van der Waals surface area contributed by atoms with E-state index in [1.165, 1.54) is 25.7 Å². The molecule has 0 bridgehead atoms. The minimum atomic E-state index is 0.285. The van der Waals surface area contributed by atoms with E-state index in [9.17, 15) is 4.79 Å².